The van der Waals surface area contributed by atoms with Crippen LogP contribution in [0.1, 0.15) is 12.8 Å². The molecule has 0 bridgehead atoms. The van der Waals surface area contributed by atoms with Crippen LogP contribution in [-0.2, 0) is 4.74 Å². The lowest BCUT2D eigenvalue weighted by molar-refractivity contribution is -0.324. The summed E-state index contributed by atoms with van der Waals surface area (Å²) in [7, 11) is 1.63. The molecule has 1 fully saturated rings. The molecule has 2 aliphatic heterocycles. The molecule has 8 heteroatoms. The van der Waals surface area contributed by atoms with E-state index in [-0.39, 0.29) is 22.4 Å². The average molecular weight is 316 g/mol. The van der Waals surface area contributed by atoms with Crippen molar-refractivity contribution < 1.29 is 14.1 Å². The average Bonchev–Trinajstić information content (AvgIpc) is 2.65. The van der Waals surface area contributed by atoms with Crippen LogP contribution in [0.3, 0.4) is 0 Å². The monoisotopic (exact) mass is 315 g/mol. The largest absolute Gasteiger partial charge is 0.448 e. The third kappa shape index (κ3) is 2.28. The number of rotatable bonds is 1. The molecule has 2 amide bonds. The minimum absolute atomic E-state index is 0.0233. The van der Waals surface area contributed by atoms with Crippen molar-refractivity contribution >= 4 is 47.0 Å². The quantitative estimate of drug-likeness (QED) is 0.454. The first-order valence-corrected chi connectivity index (χ1v) is 7.06. The number of hydrogen-bond acceptors (Lipinski definition) is 4. The van der Waals surface area contributed by atoms with Gasteiger partial charge in [0.2, 0.25) is 5.69 Å². The lowest BCUT2D eigenvalue weighted by atomic mass is 10.0. The van der Waals surface area contributed by atoms with E-state index >= 15 is 0 Å². The molecule has 3 heterocycles. The molecule has 2 aliphatic rings. The lowest BCUT2D eigenvalue weighted by Gasteiger charge is -2.17. The maximum Gasteiger partial charge on any atom is 0.448 e. The van der Waals surface area contributed by atoms with E-state index in [9.17, 15) is 4.79 Å². The molecule has 1 aromatic heterocycles. The molecule has 0 spiro atoms. The number of fused-ring (bicyclic) bond motifs is 1. The van der Waals surface area contributed by atoms with E-state index < -0.39 is 0 Å². The number of aromatic nitrogens is 2. The first-order valence-electron chi connectivity index (χ1n) is 6.30. The second-order valence-electron chi connectivity index (χ2n) is 4.79. The van der Waals surface area contributed by atoms with E-state index in [0.29, 0.717) is 18.1 Å². The summed E-state index contributed by atoms with van der Waals surface area (Å²) in [5.74, 6) is 0.604. The third-order valence-electron chi connectivity index (χ3n) is 3.41. The zero-order valence-electron chi connectivity index (χ0n) is 10.8. The predicted octanol–water partition coefficient (Wildman–Crippen LogP) is 2.49. The van der Waals surface area contributed by atoms with Crippen LogP contribution in [0.15, 0.2) is 0 Å². The number of amides is 2. The minimum atomic E-state index is -0.218. The minimum Gasteiger partial charge on any atom is -0.381 e. The zero-order valence-corrected chi connectivity index (χ0v) is 12.4. The molecule has 0 N–H and O–H groups in total. The van der Waals surface area contributed by atoms with Gasteiger partial charge in [0, 0.05) is 12.5 Å². The molecule has 1 aromatic rings. The molecular weight excluding hydrogens is 303 g/mol. The van der Waals surface area contributed by atoms with Crippen molar-refractivity contribution in [2.24, 2.45) is 5.92 Å². The number of urea groups is 1. The van der Waals surface area contributed by atoms with Crippen LogP contribution in [0.25, 0.3) is 0 Å². The Hall–Kier alpha value is -1.24. The van der Waals surface area contributed by atoms with Crippen LogP contribution < -0.4 is 4.90 Å². The molecule has 3 rings (SSSR count). The Morgan fingerprint density at radius 1 is 1.45 bits per heavy atom. The number of carbonyl (C=O) groups excluding carboxylic acids is 1. The summed E-state index contributed by atoms with van der Waals surface area (Å²) < 4.78 is 6.90. The van der Waals surface area contributed by atoms with E-state index in [1.165, 1.54) is 9.48 Å². The number of halogens is 2. The maximum atomic E-state index is 12.3. The lowest BCUT2D eigenvalue weighted by Crippen LogP contribution is -2.29. The molecule has 0 saturated carbocycles. The Balaban J connectivity index is 2.05. The van der Waals surface area contributed by atoms with Gasteiger partial charge in [0.1, 0.15) is 0 Å². The van der Waals surface area contributed by atoms with E-state index in [4.69, 9.17) is 27.9 Å². The van der Waals surface area contributed by atoms with Crippen molar-refractivity contribution in [3.05, 3.63) is 10.4 Å². The highest BCUT2D eigenvalue weighted by Crippen LogP contribution is 2.38. The second-order valence-corrected chi connectivity index (χ2v) is 5.49. The maximum absolute atomic E-state index is 12.3. The van der Waals surface area contributed by atoms with Crippen LogP contribution in [-0.4, -0.2) is 47.1 Å². The molecule has 106 valence electrons. The zero-order chi connectivity index (χ0) is 14.3. The van der Waals surface area contributed by atoms with Crippen LogP contribution in [0.2, 0.25) is 10.4 Å². The van der Waals surface area contributed by atoms with Crippen LogP contribution in [0.4, 0.5) is 16.3 Å². The highest BCUT2D eigenvalue weighted by atomic mass is 35.5. The smallest absolute Gasteiger partial charge is 0.381 e. The second kappa shape index (κ2) is 5.27. The summed E-state index contributed by atoms with van der Waals surface area (Å²) in [5.41, 5.74) is 0.481. The summed E-state index contributed by atoms with van der Waals surface area (Å²) in [6, 6.07) is -0.218. The van der Waals surface area contributed by atoms with Gasteiger partial charge in [-0.1, -0.05) is 16.6 Å². The number of carbonyl (C=O) groups is 1. The molecule has 1 atom stereocenters. The van der Waals surface area contributed by atoms with E-state index in [2.05, 4.69) is 9.97 Å². The van der Waals surface area contributed by atoms with Gasteiger partial charge in [-0.2, -0.15) is 9.56 Å². The van der Waals surface area contributed by atoms with Gasteiger partial charge in [-0.25, -0.2) is 9.69 Å². The molecular formula is C12H13Cl2N4O2+. The van der Waals surface area contributed by atoms with E-state index in [1.54, 1.807) is 7.05 Å². The molecule has 0 aliphatic carbocycles. The number of nitrogens with zero attached hydrogens (tertiary/aromatic N) is 4. The highest BCUT2D eigenvalue weighted by Gasteiger charge is 2.42. The Kier molecular flexibility index (Phi) is 3.62. The fraction of sp³-hybridized carbons (Fsp3) is 0.500. The van der Waals surface area contributed by atoms with Crippen molar-refractivity contribution in [1.82, 2.24) is 9.97 Å². The van der Waals surface area contributed by atoms with Crippen LogP contribution in [0, 0.1) is 5.92 Å². The predicted molar refractivity (Wildman–Crippen MR) is 75.4 cm³/mol. The molecule has 0 aromatic carbocycles. The van der Waals surface area contributed by atoms with Gasteiger partial charge < -0.3 is 4.74 Å². The third-order valence-corrected chi connectivity index (χ3v) is 3.84. The topological polar surface area (TPSA) is 58.3 Å². The Labute approximate surface area is 126 Å². The number of hydrogen-bond donors (Lipinski definition) is 0. The summed E-state index contributed by atoms with van der Waals surface area (Å²) in [6.45, 7) is 1.38. The van der Waals surface area contributed by atoms with Gasteiger partial charge in [-0.05, 0) is 24.4 Å². The van der Waals surface area contributed by atoms with Gasteiger partial charge >= 0.3 is 17.1 Å². The van der Waals surface area contributed by atoms with Crippen molar-refractivity contribution in [3.8, 4) is 0 Å². The van der Waals surface area contributed by atoms with Crippen molar-refractivity contribution in [2.45, 2.75) is 12.8 Å². The Morgan fingerprint density at radius 2 is 2.25 bits per heavy atom. The molecule has 6 nitrogen and oxygen atoms in total. The number of ether oxygens (including phenoxy) is 1. The highest BCUT2D eigenvalue weighted by molar-refractivity contribution is 6.35. The first-order chi connectivity index (χ1) is 9.58. The molecule has 0 radical (unpaired) electrons. The summed E-state index contributed by atoms with van der Waals surface area (Å²) >= 11 is 11.9. The van der Waals surface area contributed by atoms with Gasteiger partial charge in [0.05, 0.1) is 19.9 Å². The Bertz CT molecular complexity index is 599. The summed E-state index contributed by atoms with van der Waals surface area (Å²) in [5, 5.41) is 0.196. The summed E-state index contributed by atoms with van der Waals surface area (Å²) in [4.78, 5) is 21.7. The van der Waals surface area contributed by atoms with Crippen molar-refractivity contribution in [1.29, 1.82) is 0 Å². The van der Waals surface area contributed by atoms with Gasteiger partial charge in [-0.3, -0.25) is 0 Å². The molecule has 20 heavy (non-hydrogen) atoms. The fourth-order valence-corrected chi connectivity index (χ4v) is 2.92. The van der Waals surface area contributed by atoms with E-state index in [0.717, 1.165) is 19.4 Å². The van der Waals surface area contributed by atoms with Gasteiger partial charge in [0.25, 0.3) is 0 Å². The van der Waals surface area contributed by atoms with Gasteiger partial charge in [0.15, 0.2) is 5.15 Å². The summed E-state index contributed by atoms with van der Waals surface area (Å²) in [6.07, 6.45) is 3.80. The van der Waals surface area contributed by atoms with Crippen LogP contribution >= 0.6 is 23.2 Å². The van der Waals surface area contributed by atoms with Gasteiger partial charge in [-0.15, -0.1) is 0 Å². The SMILES string of the molecule is CN1C(=O)/[N+](=C/C2CCCOC2)c2nc(Cl)nc(Cl)c21. The number of anilines is 1. The van der Waals surface area contributed by atoms with Crippen molar-refractivity contribution in [2.75, 3.05) is 25.2 Å². The molecule has 1 unspecified atom stereocenters. The molecule has 1 saturated heterocycles. The fourth-order valence-electron chi connectivity index (χ4n) is 2.42. The van der Waals surface area contributed by atoms with Crippen LogP contribution in [0.5, 0.6) is 0 Å². The Morgan fingerprint density at radius 3 is 2.95 bits per heavy atom. The first kappa shape index (κ1) is 13.7. The standard InChI is InChI=1S/C12H13Cl2N4O2/c1-17-8-9(13)15-11(14)16-10(8)18(12(17)19)5-7-3-2-4-20-6-7/h5,7H,2-4,6H2,1H3/q+1/b18-5+. The normalized spacial score (nSPS) is 24.4. The van der Waals surface area contributed by atoms with Crippen molar-refractivity contribution in [3.63, 3.8) is 0 Å². The van der Waals surface area contributed by atoms with E-state index in [1.807, 2.05) is 6.21 Å².